The van der Waals surface area contributed by atoms with Gasteiger partial charge in [0.15, 0.2) is 0 Å². The molecule has 0 atom stereocenters. The summed E-state index contributed by atoms with van der Waals surface area (Å²) in [5.41, 5.74) is 0.433. The number of aromatic nitrogens is 2. The minimum Gasteiger partial charge on any atom is -0.382 e. The van der Waals surface area contributed by atoms with Crippen molar-refractivity contribution in [3.8, 4) is 0 Å². The SMILES string of the molecule is CC(C)n1ncc(NCC2CCSCC2)c(Cl)c1=O. The highest BCUT2D eigenvalue weighted by Crippen LogP contribution is 2.24. The van der Waals surface area contributed by atoms with Crippen molar-refractivity contribution in [3.63, 3.8) is 0 Å². The molecular weight excluding hydrogens is 282 g/mol. The van der Waals surface area contributed by atoms with Gasteiger partial charge in [-0.25, -0.2) is 4.68 Å². The van der Waals surface area contributed by atoms with E-state index >= 15 is 0 Å². The number of hydrogen-bond donors (Lipinski definition) is 1. The number of thioether (sulfide) groups is 1. The molecule has 1 N–H and O–H groups in total. The summed E-state index contributed by atoms with van der Waals surface area (Å²) in [4.78, 5) is 12.0. The number of hydrogen-bond acceptors (Lipinski definition) is 4. The van der Waals surface area contributed by atoms with Gasteiger partial charge in [0.25, 0.3) is 5.56 Å². The van der Waals surface area contributed by atoms with E-state index in [-0.39, 0.29) is 16.6 Å². The summed E-state index contributed by atoms with van der Waals surface area (Å²) in [6, 6.07) is 0.0226. The van der Waals surface area contributed by atoms with Crippen molar-refractivity contribution in [1.29, 1.82) is 0 Å². The topological polar surface area (TPSA) is 46.9 Å². The molecule has 1 saturated heterocycles. The minimum absolute atomic E-state index is 0.0226. The summed E-state index contributed by atoms with van der Waals surface area (Å²) in [5.74, 6) is 3.13. The maximum atomic E-state index is 12.0. The second-order valence-corrected chi connectivity index (χ2v) is 6.76. The number of nitrogens with one attached hydrogen (secondary N) is 1. The first-order valence-corrected chi connectivity index (χ1v) is 8.21. The Kier molecular flexibility index (Phi) is 5.16. The van der Waals surface area contributed by atoms with Gasteiger partial charge in [0.2, 0.25) is 0 Å². The van der Waals surface area contributed by atoms with E-state index in [4.69, 9.17) is 11.6 Å². The lowest BCUT2D eigenvalue weighted by Gasteiger charge is -2.22. The Morgan fingerprint density at radius 1 is 1.53 bits per heavy atom. The fraction of sp³-hybridized carbons (Fsp3) is 0.692. The second-order valence-electron chi connectivity index (χ2n) is 5.15. The summed E-state index contributed by atoms with van der Waals surface area (Å²) in [6.07, 6.45) is 4.11. The molecule has 1 fully saturated rings. The Morgan fingerprint density at radius 2 is 2.21 bits per heavy atom. The van der Waals surface area contributed by atoms with Crippen LogP contribution in [-0.2, 0) is 0 Å². The Hall–Kier alpha value is -0.680. The first-order valence-electron chi connectivity index (χ1n) is 6.68. The number of halogens is 1. The quantitative estimate of drug-likeness (QED) is 0.928. The minimum atomic E-state index is -0.221. The van der Waals surface area contributed by atoms with Gasteiger partial charge >= 0.3 is 0 Å². The summed E-state index contributed by atoms with van der Waals surface area (Å²) in [5, 5.41) is 7.67. The zero-order chi connectivity index (χ0) is 13.8. The van der Waals surface area contributed by atoms with E-state index < -0.39 is 0 Å². The maximum Gasteiger partial charge on any atom is 0.287 e. The molecule has 1 aliphatic rings. The molecule has 6 heteroatoms. The Labute approximate surface area is 122 Å². The van der Waals surface area contributed by atoms with Gasteiger partial charge in [-0.3, -0.25) is 4.79 Å². The Balaban J connectivity index is 2.04. The van der Waals surface area contributed by atoms with Gasteiger partial charge in [-0.05, 0) is 44.1 Å². The van der Waals surface area contributed by atoms with Crippen molar-refractivity contribution in [3.05, 3.63) is 21.6 Å². The van der Waals surface area contributed by atoms with Crippen LogP contribution in [0.2, 0.25) is 5.02 Å². The smallest absolute Gasteiger partial charge is 0.287 e. The van der Waals surface area contributed by atoms with E-state index in [9.17, 15) is 4.79 Å². The van der Waals surface area contributed by atoms with E-state index in [0.29, 0.717) is 11.6 Å². The van der Waals surface area contributed by atoms with Gasteiger partial charge < -0.3 is 5.32 Å². The predicted octanol–water partition coefficient (Wildman–Crippen LogP) is 3.03. The molecule has 1 aromatic heterocycles. The molecule has 0 spiro atoms. The molecule has 0 saturated carbocycles. The molecule has 106 valence electrons. The molecule has 19 heavy (non-hydrogen) atoms. The molecule has 1 aliphatic heterocycles. The number of nitrogens with zero attached hydrogens (tertiary/aromatic N) is 2. The highest BCUT2D eigenvalue weighted by Gasteiger charge is 2.15. The highest BCUT2D eigenvalue weighted by molar-refractivity contribution is 7.99. The zero-order valence-corrected chi connectivity index (χ0v) is 12.9. The average molecular weight is 302 g/mol. The maximum absolute atomic E-state index is 12.0. The van der Waals surface area contributed by atoms with Crippen molar-refractivity contribution in [2.75, 3.05) is 23.4 Å². The van der Waals surface area contributed by atoms with Crippen LogP contribution in [-0.4, -0.2) is 27.8 Å². The summed E-state index contributed by atoms with van der Waals surface area (Å²) in [7, 11) is 0. The van der Waals surface area contributed by atoms with Crippen LogP contribution < -0.4 is 10.9 Å². The van der Waals surface area contributed by atoms with Crippen molar-refractivity contribution in [2.24, 2.45) is 5.92 Å². The van der Waals surface area contributed by atoms with E-state index in [2.05, 4.69) is 10.4 Å². The van der Waals surface area contributed by atoms with Crippen molar-refractivity contribution in [1.82, 2.24) is 9.78 Å². The molecule has 0 unspecified atom stereocenters. The van der Waals surface area contributed by atoms with Crippen LogP contribution in [0.15, 0.2) is 11.0 Å². The van der Waals surface area contributed by atoms with E-state index in [1.165, 1.54) is 29.0 Å². The molecule has 2 rings (SSSR count). The summed E-state index contributed by atoms with van der Waals surface area (Å²) >= 11 is 8.13. The van der Waals surface area contributed by atoms with Crippen molar-refractivity contribution < 1.29 is 0 Å². The lowest BCUT2D eigenvalue weighted by Crippen LogP contribution is -2.27. The molecule has 4 nitrogen and oxygen atoms in total. The van der Waals surface area contributed by atoms with E-state index in [1.54, 1.807) is 6.20 Å². The van der Waals surface area contributed by atoms with Crippen LogP contribution in [0.1, 0.15) is 32.7 Å². The van der Waals surface area contributed by atoms with E-state index in [1.807, 2.05) is 25.6 Å². The van der Waals surface area contributed by atoms with Gasteiger partial charge in [-0.2, -0.15) is 16.9 Å². The fourth-order valence-electron chi connectivity index (χ4n) is 2.14. The van der Waals surface area contributed by atoms with Gasteiger partial charge in [0, 0.05) is 6.54 Å². The fourth-order valence-corrected chi connectivity index (χ4v) is 3.55. The number of rotatable bonds is 4. The predicted molar refractivity (Wildman–Crippen MR) is 82.4 cm³/mol. The van der Waals surface area contributed by atoms with Gasteiger partial charge in [-0.1, -0.05) is 11.6 Å². The lowest BCUT2D eigenvalue weighted by atomic mass is 10.0. The standard InChI is InChI=1S/C13H20ClN3OS/c1-9(2)17-13(18)12(14)11(8-16-17)15-7-10-3-5-19-6-4-10/h8-10,15H,3-7H2,1-2H3. The monoisotopic (exact) mass is 301 g/mol. The third kappa shape index (κ3) is 3.66. The van der Waals surface area contributed by atoms with Gasteiger partial charge in [0.05, 0.1) is 17.9 Å². The van der Waals surface area contributed by atoms with Crippen LogP contribution in [0.3, 0.4) is 0 Å². The van der Waals surface area contributed by atoms with E-state index in [0.717, 1.165) is 6.54 Å². The third-order valence-electron chi connectivity index (χ3n) is 3.35. The Bertz CT molecular complexity index is 483. The van der Waals surface area contributed by atoms with Gasteiger partial charge in [-0.15, -0.1) is 0 Å². The van der Waals surface area contributed by atoms with Crippen molar-refractivity contribution in [2.45, 2.75) is 32.7 Å². The number of anilines is 1. The molecule has 0 bridgehead atoms. The summed E-state index contributed by atoms with van der Waals surface area (Å²) in [6.45, 7) is 4.70. The Morgan fingerprint density at radius 3 is 2.84 bits per heavy atom. The largest absolute Gasteiger partial charge is 0.382 e. The lowest BCUT2D eigenvalue weighted by molar-refractivity contribution is 0.500. The third-order valence-corrected chi connectivity index (χ3v) is 4.77. The van der Waals surface area contributed by atoms with Crippen LogP contribution in [0.4, 0.5) is 5.69 Å². The van der Waals surface area contributed by atoms with Crippen LogP contribution in [0.25, 0.3) is 0 Å². The van der Waals surface area contributed by atoms with Crippen LogP contribution >= 0.6 is 23.4 Å². The van der Waals surface area contributed by atoms with Crippen LogP contribution in [0.5, 0.6) is 0 Å². The van der Waals surface area contributed by atoms with Gasteiger partial charge in [0.1, 0.15) is 5.02 Å². The molecule has 1 aromatic rings. The molecular formula is C13H20ClN3OS. The summed E-state index contributed by atoms with van der Waals surface area (Å²) < 4.78 is 1.41. The zero-order valence-electron chi connectivity index (χ0n) is 11.4. The molecule has 0 radical (unpaired) electrons. The first kappa shape index (κ1) is 14.7. The normalized spacial score (nSPS) is 16.8. The molecule has 0 aliphatic carbocycles. The highest BCUT2D eigenvalue weighted by atomic mass is 35.5. The first-order chi connectivity index (χ1) is 9.09. The molecule has 2 heterocycles. The van der Waals surface area contributed by atoms with Crippen molar-refractivity contribution >= 4 is 29.1 Å². The average Bonchev–Trinajstić information content (AvgIpc) is 2.41. The van der Waals surface area contributed by atoms with Crippen LogP contribution in [0, 0.1) is 5.92 Å². The molecule has 0 aromatic carbocycles. The molecule has 0 amide bonds. The second kappa shape index (κ2) is 6.66.